The molecular formula is C9H9F3N4O. The largest absolute Gasteiger partial charge is 0.448 e. The topological polar surface area (TPSA) is 63.7 Å². The van der Waals surface area contributed by atoms with Crippen molar-refractivity contribution in [3.05, 3.63) is 23.9 Å². The van der Waals surface area contributed by atoms with Crippen molar-refractivity contribution in [2.75, 3.05) is 12.8 Å². The quantitative estimate of drug-likeness (QED) is 0.808. The minimum absolute atomic E-state index is 0.000347. The number of nitrogens with two attached hydrogens (primary N) is 1. The van der Waals surface area contributed by atoms with Crippen molar-refractivity contribution in [2.45, 2.75) is 12.4 Å². The minimum atomic E-state index is -4.51. The zero-order valence-electron chi connectivity index (χ0n) is 8.77. The van der Waals surface area contributed by atoms with Crippen molar-refractivity contribution in [1.82, 2.24) is 9.88 Å². The van der Waals surface area contributed by atoms with Crippen molar-refractivity contribution in [3.8, 4) is 0 Å². The van der Waals surface area contributed by atoms with Crippen molar-refractivity contribution >= 4 is 11.7 Å². The summed E-state index contributed by atoms with van der Waals surface area (Å²) in [7, 11) is 1.23. The Kier molecular flexibility index (Phi) is 2.56. The standard InChI is InChI=1S/C9H9F3N4O/c1-16-7(5-3-2-4-6(13)14-5)15-17-8(16)9(10,11)12/h2-4,8H,1H3,(H2,13,14). The van der Waals surface area contributed by atoms with E-state index in [1.165, 1.54) is 19.2 Å². The number of alkyl halides is 3. The number of halogens is 3. The lowest BCUT2D eigenvalue weighted by Gasteiger charge is -2.21. The number of anilines is 1. The molecule has 2 rings (SSSR count). The van der Waals surface area contributed by atoms with Crippen LogP contribution in [0.25, 0.3) is 0 Å². The monoisotopic (exact) mass is 246 g/mol. The first-order chi connectivity index (χ1) is 7.89. The molecule has 0 aromatic carbocycles. The molecule has 0 fully saturated rings. The van der Waals surface area contributed by atoms with E-state index in [-0.39, 0.29) is 17.3 Å². The van der Waals surface area contributed by atoms with Gasteiger partial charge in [-0.2, -0.15) is 13.2 Å². The first-order valence-corrected chi connectivity index (χ1v) is 4.66. The Bertz CT molecular complexity index is 460. The molecule has 2 heterocycles. The molecule has 8 heteroatoms. The van der Waals surface area contributed by atoms with Gasteiger partial charge in [-0.05, 0) is 12.1 Å². The maximum atomic E-state index is 12.5. The Balaban J connectivity index is 2.26. The first-order valence-electron chi connectivity index (χ1n) is 4.66. The molecule has 1 unspecified atom stereocenters. The summed E-state index contributed by atoms with van der Waals surface area (Å²) >= 11 is 0. The number of hydrogen-bond acceptors (Lipinski definition) is 5. The van der Waals surface area contributed by atoms with Gasteiger partial charge in [0.25, 0.3) is 6.23 Å². The molecule has 1 aromatic heterocycles. The normalized spacial score (nSPS) is 20.1. The lowest BCUT2D eigenvalue weighted by molar-refractivity contribution is -0.241. The number of rotatable bonds is 1. The van der Waals surface area contributed by atoms with Crippen LogP contribution in [0.2, 0.25) is 0 Å². The van der Waals surface area contributed by atoms with Gasteiger partial charge in [0.1, 0.15) is 11.5 Å². The van der Waals surface area contributed by atoms with E-state index >= 15 is 0 Å². The minimum Gasteiger partial charge on any atom is -0.384 e. The van der Waals surface area contributed by atoms with Crippen molar-refractivity contribution < 1.29 is 18.0 Å². The van der Waals surface area contributed by atoms with Gasteiger partial charge in [-0.15, -0.1) is 0 Å². The van der Waals surface area contributed by atoms with Crippen LogP contribution in [0.3, 0.4) is 0 Å². The predicted octanol–water partition coefficient (Wildman–Crippen LogP) is 1.18. The zero-order chi connectivity index (χ0) is 12.6. The highest BCUT2D eigenvalue weighted by Gasteiger charge is 2.49. The van der Waals surface area contributed by atoms with Crippen LogP contribution in [0.1, 0.15) is 5.69 Å². The van der Waals surface area contributed by atoms with Crippen LogP contribution in [0, 0.1) is 0 Å². The smallest absolute Gasteiger partial charge is 0.384 e. The van der Waals surface area contributed by atoms with Crippen LogP contribution in [0.5, 0.6) is 0 Å². The molecule has 92 valence electrons. The number of nitrogen functional groups attached to an aromatic ring is 1. The van der Waals surface area contributed by atoms with Crippen molar-refractivity contribution in [1.29, 1.82) is 0 Å². The molecule has 0 bridgehead atoms. The molecule has 17 heavy (non-hydrogen) atoms. The molecule has 2 N–H and O–H groups in total. The van der Waals surface area contributed by atoms with Gasteiger partial charge in [-0.1, -0.05) is 11.2 Å². The fourth-order valence-electron chi connectivity index (χ4n) is 1.43. The molecule has 0 aliphatic carbocycles. The number of nitrogens with zero attached hydrogens (tertiary/aromatic N) is 3. The molecule has 0 amide bonds. The molecule has 1 aliphatic heterocycles. The second-order valence-electron chi connectivity index (χ2n) is 3.47. The van der Waals surface area contributed by atoms with Crippen LogP contribution in [-0.4, -0.2) is 35.2 Å². The molecule has 5 nitrogen and oxygen atoms in total. The van der Waals surface area contributed by atoms with E-state index in [1.807, 2.05) is 0 Å². The van der Waals surface area contributed by atoms with E-state index in [9.17, 15) is 13.2 Å². The highest BCUT2D eigenvalue weighted by molar-refractivity contribution is 5.97. The van der Waals surface area contributed by atoms with Gasteiger partial charge in [-0.25, -0.2) is 4.98 Å². The number of amidine groups is 1. The van der Waals surface area contributed by atoms with E-state index in [0.717, 1.165) is 4.90 Å². The Hall–Kier alpha value is -1.99. The molecular weight excluding hydrogens is 237 g/mol. The fourth-order valence-corrected chi connectivity index (χ4v) is 1.43. The van der Waals surface area contributed by atoms with Crippen LogP contribution in [-0.2, 0) is 4.84 Å². The Morgan fingerprint density at radius 1 is 1.41 bits per heavy atom. The van der Waals surface area contributed by atoms with Gasteiger partial charge in [0.2, 0.25) is 0 Å². The molecule has 1 atom stereocenters. The van der Waals surface area contributed by atoms with E-state index in [2.05, 4.69) is 15.0 Å². The average Bonchev–Trinajstić information content (AvgIpc) is 2.59. The van der Waals surface area contributed by atoms with Crippen molar-refractivity contribution in [2.24, 2.45) is 5.16 Å². The average molecular weight is 246 g/mol. The molecule has 1 aromatic rings. The third kappa shape index (κ3) is 2.10. The second kappa shape index (κ2) is 3.79. The van der Waals surface area contributed by atoms with Gasteiger partial charge in [0, 0.05) is 7.05 Å². The van der Waals surface area contributed by atoms with Gasteiger partial charge in [0.05, 0.1) is 0 Å². The summed E-state index contributed by atoms with van der Waals surface area (Å²) in [5, 5.41) is 3.38. The Morgan fingerprint density at radius 2 is 2.12 bits per heavy atom. The lowest BCUT2D eigenvalue weighted by atomic mass is 10.3. The van der Waals surface area contributed by atoms with Gasteiger partial charge >= 0.3 is 6.18 Å². The van der Waals surface area contributed by atoms with E-state index < -0.39 is 12.4 Å². The Labute approximate surface area is 94.7 Å². The SMILES string of the molecule is CN1C(c2cccc(N)n2)=NOC1C(F)(F)F. The van der Waals surface area contributed by atoms with Crippen molar-refractivity contribution in [3.63, 3.8) is 0 Å². The fraction of sp³-hybridized carbons (Fsp3) is 0.333. The lowest BCUT2D eigenvalue weighted by Crippen LogP contribution is -2.43. The highest BCUT2D eigenvalue weighted by Crippen LogP contribution is 2.29. The van der Waals surface area contributed by atoms with Crippen LogP contribution < -0.4 is 5.73 Å². The molecule has 1 aliphatic rings. The van der Waals surface area contributed by atoms with Gasteiger partial charge in [0.15, 0.2) is 5.84 Å². The van der Waals surface area contributed by atoms with E-state index in [0.29, 0.717) is 0 Å². The predicted molar refractivity (Wildman–Crippen MR) is 53.9 cm³/mol. The van der Waals surface area contributed by atoms with Crippen LogP contribution in [0.4, 0.5) is 19.0 Å². The molecule has 0 saturated carbocycles. The first kappa shape index (κ1) is 11.5. The number of aromatic nitrogens is 1. The van der Waals surface area contributed by atoms with Gasteiger partial charge in [-0.3, -0.25) is 0 Å². The van der Waals surface area contributed by atoms with E-state index in [4.69, 9.17) is 5.73 Å². The summed E-state index contributed by atoms with van der Waals surface area (Å²) in [6.45, 7) is 0. The maximum Gasteiger partial charge on any atom is 0.448 e. The Morgan fingerprint density at radius 3 is 2.65 bits per heavy atom. The molecule has 0 saturated heterocycles. The summed E-state index contributed by atoms with van der Waals surface area (Å²) in [5.41, 5.74) is 5.68. The van der Waals surface area contributed by atoms with E-state index in [1.54, 1.807) is 6.07 Å². The zero-order valence-corrected chi connectivity index (χ0v) is 8.77. The molecule has 0 radical (unpaired) electrons. The number of oxime groups is 1. The summed E-state index contributed by atoms with van der Waals surface area (Å²) in [5.74, 6) is 0.202. The molecule has 0 spiro atoms. The summed E-state index contributed by atoms with van der Waals surface area (Å²) in [6, 6.07) is 4.61. The summed E-state index contributed by atoms with van der Waals surface area (Å²) in [6.07, 6.45) is -6.60. The number of pyridine rings is 1. The van der Waals surface area contributed by atoms with Crippen LogP contribution in [0.15, 0.2) is 23.4 Å². The summed E-state index contributed by atoms with van der Waals surface area (Å²) in [4.78, 5) is 9.09. The third-order valence-corrected chi connectivity index (χ3v) is 2.20. The number of hydrogen-bond donors (Lipinski definition) is 1. The van der Waals surface area contributed by atoms with Crippen LogP contribution >= 0.6 is 0 Å². The highest BCUT2D eigenvalue weighted by atomic mass is 19.4. The third-order valence-electron chi connectivity index (χ3n) is 2.20. The van der Waals surface area contributed by atoms with Gasteiger partial charge < -0.3 is 15.5 Å². The maximum absolute atomic E-state index is 12.5. The summed E-state index contributed by atoms with van der Waals surface area (Å²) < 4.78 is 37.5. The second-order valence-corrected chi connectivity index (χ2v) is 3.47.